The fourth-order valence-electron chi connectivity index (χ4n) is 2.37. The molecule has 136 valence electrons. The molecule has 0 unspecified atom stereocenters. The number of carbonyl (C=O) groups is 2. The molecule has 0 radical (unpaired) electrons. The van der Waals surface area contributed by atoms with Gasteiger partial charge in [-0.3, -0.25) is 4.79 Å². The highest BCUT2D eigenvalue weighted by Crippen LogP contribution is 2.19. The lowest BCUT2D eigenvalue weighted by Gasteiger charge is -2.09. The molecule has 0 fully saturated rings. The Hall–Kier alpha value is -3.38. The lowest BCUT2D eigenvalue weighted by atomic mass is 10.2. The second kappa shape index (κ2) is 8.33. The van der Waals surface area contributed by atoms with Crippen molar-refractivity contribution >= 4 is 40.7 Å². The highest BCUT2D eigenvalue weighted by molar-refractivity contribution is 6.31. The number of pyridine rings is 1. The Morgan fingerprint density at radius 2 is 1.74 bits per heavy atom. The largest absolute Gasteiger partial charge is 0.465 e. The van der Waals surface area contributed by atoms with E-state index in [-0.39, 0.29) is 5.91 Å². The van der Waals surface area contributed by atoms with Crippen LogP contribution in [0.5, 0.6) is 0 Å². The SMILES string of the molecule is COC(=O)c1ccc(Nc2cc(C(=O)Nc3cccc(Cl)c3)ccn2)cc1. The lowest BCUT2D eigenvalue weighted by Crippen LogP contribution is -2.12. The van der Waals surface area contributed by atoms with E-state index < -0.39 is 5.97 Å². The normalized spacial score (nSPS) is 10.1. The van der Waals surface area contributed by atoms with Crippen LogP contribution < -0.4 is 10.6 Å². The minimum absolute atomic E-state index is 0.274. The third-order valence-electron chi connectivity index (χ3n) is 3.68. The monoisotopic (exact) mass is 381 g/mol. The predicted octanol–water partition coefficient (Wildman–Crippen LogP) is 4.52. The average molecular weight is 382 g/mol. The summed E-state index contributed by atoms with van der Waals surface area (Å²) in [6, 6.07) is 16.9. The molecule has 0 aliphatic heterocycles. The van der Waals surface area contributed by atoms with Gasteiger partial charge in [0.2, 0.25) is 0 Å². The fourth-order valence-corrected chi connectivity index (χ4v) is 2.56. The number of methoxy groups -OCH3 is 1. The first-order valence-corrected chi connectivity index (χ1v) is 8.41. The summed E-state index contributed by atoms with van der Waals surface area (Å²) in [5.41, 5.74) is 2.23. The van der Waals surface area contributed by atoms with Crippen LogP contribution in [0.4, 0.5) is 17.2 Å². The molecule has 0 bridgehead atoms. The highest BCUT2D eigenvalue weighted by Gasteiger charge is 2.09. The molecule has 2 aromatic carbocycles. The van der Waals surface area contributed by atoms with E-state index in [0.717, 1.165) is 5.69 Å². The Labute approximate surface area is 161 Å². The molecule has 27 heavy (non-hydrogen) atoms. The number of esters is 1. The summed E-state index contributed by atoms with van der Waals surface area (Å²) in [4.78, 5) is 28.1. The Bertz CT molecular complexity index is 974. The van der Waals surface area contributed by atoms with Crippen molar-refractivity contribution in [3.8, 4) is 0 Å². The van der Waals surface area contributed by atoms with E-state index in [4.69, 9.17) is 11.6 Å². The molecule has 1 amide bonds. The van der Waals surface area contributed by atoms with E-state index >= 15 is 0 Å². The molecule has 0 aliphatic rings. The van der Waals surface area contributed by atoms with Crippen LogP contribution in [0.15, 0.2) is 66.9 Å². The summed E-state index contributed by atoms with van der Waals surface area (Å²) < 4.78 is 4.67. The van der Waals surface area contributed by atoms with Crippen LogP contribution in [0.3, 0.4) is 0 Å². The molecule has 6 nitrogen and oxygen atoms in total. The standard InChI is InChI=1S/C20H16ClN3O3/c1-27-20(26)13-5-7-16(8-6-13)23-18-11-14(9-10-22-18)19(25)24-17-4-2-3-15(21)12-17/h2-12H,1H3,(H,22,23)(H,24,25). The van der Waals surface area contributed by atoms with Gasteiger partial charge in [-0.2, -0.15) is 0 Å². The van der Waals surface area contributed by atoms with Crippen molar-refractivity contribution in [1.82, 2.24) is 4.98 Å². The van der Waals surface area contributed by atoms with Crippen LogP contribution >= 0.6 is 11.6 Å². The van der Waals surface area contributed by atoms with E-state index in [1.807, 2.05) is 0 Å². The van der Waals surface area contributed by atoms with E-state index in [9.17, 15) is 9.59 Å². The zero-order valence-corrected chi connectivity index (χ0v) is 15.2. The molecular weight excluding hydrogens is 366 g/mol. The van der Waals surface area contributed by atoms with Crippen molar-refractivity contribution in [3.05, 3.63) is 83.0 Å². The average Bonchev–Trinajstić information content (AvgIpc) is 2.68. The molecule has 7 heteroatoms. The number of rotatable bonds is 5. The summed E-state index contributed by atoms with van der Waals surface area (Å²) >= 11 is 5.93. The first-order chi connectivity index (χ1) is 13.0. The fraction of sp³-hybridized carbons (Fsp3) is 0.0500. The van der Waals surface area contributed by atoms with Gasteiger partial charge in [0.25, 0.3) is 5.91 Å². The quantitative estimate of drug-likeness (QED) is 0.635. The van der Waals surface area contributed by atoms with Crippen LogP contribution in [0.1, 0.15) is 20.7 Å². The molecule has 1 heterocycles. The number of halogens is 1. The minimum atomic E-state index is -0.403. The summed E-state index contributed by atoms with van der Waals surface area (Å²) in [5.74, 6) is -0.178. The first-order valence-electron chi connectivity index (χ1n) is 8.03. The predicted molar refractivity (Wildman–Crippen MR) is 105 cm³/mol. The molecule has 0 atom stereocenters. The number of ether oxygens (including phenoxy) is 1. The van der Waals surface area contributed by atoms with E-state index in [1.54, 1.807) is 60.7 Å². The molecule has 3 aromatic rings. The van der Waals surface area contributed by atoms with Crippen molar-refractivity contribution < 1.29 is 14.3 Å². The van der Waals surface area contributed by atoms with Crippen molar-refractivity contribution in [2.75, 3.05) is 17.7 Å². The molecule has 0 aliphatic carbocycles. The number of nitrogens with one attached hydrogen (secondary N) is 2. The minimum Gasteiger partial charge on any atom is -0.465 e. The first kappa shape index (κ1) is 18.4. The molecule has 1 aromatic heterocycles. The Morgan fingerprint density at radius 1 is 0.963 bits per heavy atom. The van der Waals surface area contributed by atoms with Crippen LogP contribution in [0, 0.1) is 0 Å². The molecule has 0 spiro atoms. The Kier molecular flexibility index (Phi) is 5.68. The Morgan fingerprint density at radius 3 is 2.44 bits per heavy atom. The number of hydrogen-bond acceptors (Lipinski definition) is 5. The zero-order chi connectivity index (χ0) is 19.2. The molecule has 0 saturated carbocycles. The smallest absolute Gasteiger partial charge is 0.337 e. The van der Waals surface area contributed by atoms with Crippen molar-refractivity contribution in [2.24, 2.45) is 0 Å². The molecular formula is C20H16ClN3O3. The van der Waals surface area contributed by atoms with Crippen LogP contribution in [0.25, 0.3) is 0 Å². The number of hydrogen-bond donors (Lipinski definition) is 2. The maximum atomic E-state index is 12.4. The second-order valence-corrected chi connectivity index (χ2v) is 6.02. The van der Waals surface area contributed by atoms with Gasteiger partial charge in [-0.15, -0.1) is 0 Å². The van der Waals surface area contributed by atoms with Gasteiger partial charge in [0.15, 0.2) is 0 Å². The third kappa shape index (κ3) is 4.83. The maximum Gasteiger partial charge on any atom is 0.337 e. The van der Waals surface area contributed by atoms with Crippen molar-refractivity contribution in [2.45, 2.75) is 0 Å². The molecule has 0 saturated heterocycles. The molecule has 3 rings (SSSR count). The van der Waals surface area contributed by atoms with E-state index in [1.165, 1.54) is 13.3 Å². The van der Waals surface area contributed by atoms with Gasteiger partial charge < -0.3 is 15.4 Å². The van der Waals surface area contributed by atoms with Crippen molar-refractivity contribution in [3.63, 3.8) is 0 Å². The van der Waals surface area contributed by atoms with Crippen molar-refractivity contribution in [1.29, 1.82) is 0 Å². The van der Waals surface area contributed by atoms with E-state index in [0.29, 0.717) is 27.7 Å². The number of benzene rings is 2. The highest BCUT2D eigenvalue weighted by atomic mass is 35.5. The Balaban J connectivity index is 1.71. The topological polar surface area (TPSA) is 80.3 Å². The molecule has 2 N–H and O–H groups in total. The van der Waals surface area contributed by atoms with Crippen LogP contribution in [-0.2, 0) is 4.74 Å². The number of amides is 1. The van der Waals surface area contributed by atoms with E-state index in [2.05, 4.69) is 20.4 Å². The van der Waals surface area contributed by atoms with Gasteiger partial charge in [-0.25, -0.2) is 9.78 Å². The second-order valence-electron chi connectivity index (χ2n) is 5.59. The number of anilines is 3. The van der Waals surface area contributed by atoms with Crippen LogP contribution in [0.2, 0.25) is 5.02 Å². The number of nitrogens with zero attached hydrogens (tertiary/aromatic N) is 1. The summed E-state index contributed by atoms with van der Waals surface area (Å²) in [7, 11) is 1.33. The zero-order valence-electron chi connectivity index (χ0n) is 14.4. The van der Waals surface area contributed by atoms with Crippen LogP contribution in [-0.4, -0.2) is 24.0 Å². The number of aromatic nitrogens is 1. The van der Waals surface area contributed by atoms with Gasteiger partial charge in [0, 0.05) is 28.2 Å². The van der Waals surface area contributed by atoms with Gasteiger partial charge in [0.1, 0.15) is 5.82 Å². The third-order valence-corrected chi connectivity index (χ3v) is 3.92. The summed E-state index contributed by atoms with van der Waals surface area (Å²) in [5, 5.41) is 6.42. The van der Waals surface area contributed by atoms with Gasteiger partial charge in [-0.1, -0.05) is 17.7 Å². The van der Waals surface area contributed by atoms with Gasteiger partial charge >= 0.3 is 5.97 Å². The summed E-state index contributed by atoms with van der Waals surface area (Å²) in [6.45, 7) is 0. The van der Waals surface area contributed by atoms with Gasteiger partial charge in [0.05, 0.1) is 12.7 Å². The lowest BCUT2D eigenvalue weighted by molar-refractivity contribution is 0.0600. The van der Waals surface area contributed by atoms with Gasteiger partial charge in [-0.05, 0) is 54.6 Å². The maximum absolute atomic E-state index is 12.4. The summed E-state index contributed by atoms with van der Waals surface area (Å²) in [6.07, 6.45) is 1.54. The number of carbonyl (C=O) groups excluding carboxylic acids is 2.